The number of ether oxygens (including phenoxy) is 1. The molecule has 1 aromatic heterocycles. The van der Waals surface area contributed by atoms with Crippen molar-refractivity contribution < 1.29 is 9.53 Å². The first-order valence-electron chi connectivity index (χ1n) is 5.55. The fourth-order valence-electron chi connectivity index (χ4n) is 1.46. The molecule has 0 saturated heterocycles. The van der Waals surface area contributed by atoms with Crippen molar-refractivity contribution in [2.24, 2.45) is 5.73 Å². The summed E-state index contributed by atoms with van der Waals surface area (Å²) in [6.07, 6.45) is 5.42. The Morgan fingerprint density at radius 1 is 1.62 bits per heavy atom. The van der Waals surface area contributed by atoms with E-state index in [1.54, 1.807) is 19.3 Å². The molecule has 1 rings (SSSR count). The van der Waals surface area contributed by atoms with Crippen LogP contribution in [0, 0.1) is 0 Å². The third-order valence-electron chi connectivity index (χ3n) is 2.31. The highest BCUT2D eigenvalue weighted by Gasteiger charge is 2.07. The zero-order chi connectivity index (χ0) is 11.8. The van der Waals surface area contributed by atoms with Gasteiger partial charge in [0.05, 0.1) is 6.61 Å². The average Bonchev–Trinajstić information content (AvgIpc) is 2.30. The van der Waals surface area contributed by atoms with Crippen molar-refractivity contribution in [1.29, 1.82) is 0 Å². The molecule has 0 aromatic carbocycles. The number of hydrogen-bond acceptors (Lipinski definition) is 4. The van der Waals surface area contributed by atoms with Crippen LogP contribution in [-0.2, 0) is 9.53 Å². The minimum atomic E-state index is -0.152. The Kier molecular flexibility index (Phi) is 5.50. The summed E-state index contributed by atoms with van der Waals surface area (Å²) in [6.45, 7) is 2.24. The van der Waals surface area contributed by atoms with Gasteiger partial charge in [0.25, 0.3) is 0 Å². The third kappa shape index (κ3) is 4.40. The molecule has 1 heterocycles. The zero-order valence-electron chi connectivity index (χ0n) is 9.56. The third-order valence-corrected chi connectivity index (χ3v) is 2.31. The van der Waals surface area contributed by atoms with Crippen molar-refractivity contribution >= 4 is 5.97 Å². The average molecular weight is 222 g/mol. The van der Waals surface area contributed by atoms with Crippen molar-refractivity contribution in [3.63, 3.8) is 0 Å². The van der Waals surface area contributed by atoms with E-state index in [9.17, 15) is 4.79 Å². The first-order chi connectivity index (χ1) is 7.74. The van der Waals surface area contributed by atoms with Crippen LogP contribution in [-0.4, -0.2) is 17.6 Å². The highest BCUT2D eigenvalue weighted by Crippen LogP contribution is 2.15. The Bertz CT molecular complexity index is 314. The fraction of sp³-hybridized carbons (Fsp3) is 0.500. The maximum absolute atomic E-state index is 11.1. The van der Waals surface area contributed by atoms with Crippen LogP contribution in [0.2, 0.25) is 0 Å². The number of pyridine rings is 1. The second kappa shape index (κ2) is 6.95. The second-order valence-corrected chi connectivity index (χ2v) is 3.59. The van der Waals surface area contributed by atoms with Gasteiger partial charge in [-0.1, -0.05) is 6.07 Å². The molecule has 0 saturated carbocycles. The van der Waals surface area contributed by atoms with Gasteiger partial charge in [-0.15, -0.1) is 0 Å². The van der Waals surface area contributed by atoms with Gasteiger partial charge in [-0.3, -0.25) is 9.78 Å². The van der Waals surface area contributed by atoms with Crippen molar-refractivity contribution in [3.05, 3.63) is 30.1 Å². The van der Waals surface area contributed by atoms with Gasteiger partial charge in [0.1, 0.15) is 0 Å². The summed E-state index contributed by atoms with van der Waals surface area (Å²) >= 11 is 0. The summed E-state index contributed by atoms with van der Waals surface area (Å²) in [6, 6.07) is 3.76. The van der Waals surface area contributed by atoms with E-state index in [1.165, 1.54) is 0 Å². The van der Waals surface area contributed by atoms with Crippen LogP contribution in [0.15, 0.2) is 24.5 Å². The maximum Gasteiger partial charge on any atom is 0.305 e. The van der Waals surface area contributed by atoms with E-state index in [2.05, 4.69) is 4.98 Å². The quantitative estimate of drug-likeness (QED) is 0.745. The number of nitrogens with two attached hydrogens (primary N) is 1. The molecular weight excluding hydrogens is 204 g/mol. The van der Waals surface area contributed by atoms with Crippen molar-refractivity contribution in [3.8, 4) is 0 Å². The Labute approximate surface area is 95.8 Å². The molecule has 0 radical (unpaired) electrons. The van der Waals surface area contributed by atoms with Gasteiger partial charge in [0, 0.05) is 24.9 Å². The molecule has 1 aromatic rings. The van der Waals surface area contributed by atoms with Gasteiger partial charge in [-0.25, -0.2) is 0 Å². The SMILES string of the molecule is CCOC(=O)CCCC(N)c1cccnc1. The predicted octanol–water partition coefficient (Wildman–Crippen LogP) is 1.81. The van der Waals surface area contributed by atoms with E-state index >= 15 is 0 Å². The van der Waals surface area contributed by atoms with Gasteiger partial charge < -0.3 is 10.5 Å². The Hall–Kier alpha value is -1.42. The highest BCUT2D eigenvalue weighted by atomic mass is 16.5. The molecule has 4 nitrogen and oxygen atoms in total. The number of nitrogens with zero attached hydrogens (tertiary/aromatic N) is 1. The summed E-state index contributed by atoms with van der Waals surface area (Å²) in [7, 11) is 0. The molecule has 0 fully saturated rings. The zero-order valence-corrected chi connectivity index (χ0v) is 9.56. The molecule has 0 bridgehead atoms. The Balaban J connectivity index is 2.26. The lowest BCUT2D eigenvalue weighted by Crippen LogP contribution is -2.11. The van der Waals surface area contributed by atoms with Gasteiger partial charge in [0.2, 0.25) is 0 Å². The molecule has 2 N–H and O–H groups in total. The number of carbonyl (C=O) groups is 1. The van der Waals surface area contributed by atoms with Crippen LogP contribution in [0.25, 0.3) is 0 Å². The number of hydrogen-bond donors (Lipinski definition) is 1. The molecule has 1 unspecified atom stereocenters. The minimum absolute atomic E-state index is 0.0527. The van der Waals surface area contributed by atoms with Gasteiger partial charge in [-0.05, 0) is 31.4 Å². The van der Waals surface area contributed by atoms with E-state index in [-0.39, 0.29) is 12.0 Å². The standard InChI is InChI=1S/C12H18N2O2/c1-2-16-12(15)7-3-6-11(13)10-5-4-8-14-9-10/h4-5,8-9,11H,2-3,6-7,13H2,1H3. The summed E-state index contributed by atoms with van der Waals surface area (Å²) in [5.74, 6) is -0.152. The predicted molar refractivity (Wildman–Crippen MR) is 61.6 cm³/mol. The lowest BCUT2D eigenvalue weighted by atomic mass is 10.0. The number of carbonyl (C=O) groups excluding carboxylic acids is 1. The van der Waals surface area contributed by atoms with Gasteiger partial charge >= 0.3 is 5.97 Å². The largest absolute Gasteiger partial charge is 0.466 e. The van der Waals surface area contributed by atoms with Crippen molar-refractivity contribution in [2.45, 2.75) is 32.2 Å². The fourth-order valence-corrected chi connectivity index (χ4v) is 1.46. The molecule has 4 heteroatoms. The van der Waals surface area contributed by atoms with Crippen LogP contribution in [0.4, 0.5) is 0 Å². The van der Waals surface area contributed by atoms with Crippen LogP contribution in [0.3, 0.4) is 0 Å². The Morgan fingerprint density at radius 3 is 3.06 bits per heavy atom. The number of rotatable bonds is 6. The molecule has 88 valence electrons. The lowest BCUT2D eigenvalue weighted by Gasteiger charge is -2.10. The minimum Gasteiger partial charge on any atom is -0.466 e. The molecule has 1 atom stereocenters. The number of aromatic nitrogens is 1. The molecule has 0 spiro atoms. The smallest absolute Gasteiger partial charge is 0.305 e. The van der Waals surface area contributed by atoms with E-state index in [4.69, 9.17) is 10.5 Å². The first-order valence-corrected chi connectivity index (χ1v) is 5.55. The van der Waals surface area contributed by atoms with E-state index < -0.39 is 0 Å². The summed E-state index contributed by atoms with van der Waals surface area (Å²) < 4.78 is 4.84. The van der Waals surface area contributed by atoms with Crippen LogP contribution in [0.5, 0.6) is 0 Å². The Morgan fingerprint density at radius 2 is 2.44 bits per heavy atom. The normalized spacial score (nSPS) is 12.1. The molecule has 0 amide bonds. The first kappa shape index (κ1) is 12.6. The lowest BCUT2D eigenvalue weighted by molar-refractivity contribution is -0.143. The summed E-state index contributed by atoms with van der Waals surface area (Å²) in [5, 5.41) is 0. The van der Waals surface area contributed by atoms with E-state index in [0.717, 1.165) is 18.4 Å². The second-order valence-electron chi connectivity index (χ2n) is 3.59. The molecule has 0 aliphatic heterocycles. The van der Waals surface area contributed by atoms with Crippen LogP contribution < -0.4 is 5.73 Å². The molecule has 0 aliphatic carbocycles. The van der Waals surface area contributed by atoms with E-state index in [0.29, 0.717) is 13.0 Å². The van der Waals surface area contributed by atoms with E-state index in [1.807, 2.05) is 12.1 Å². The van der Waals surface area contributed by atoms with Gasteiger partial charge in [0.15, 0.2) is 0 Å². The van der Waals surface area contributed by atoms with Crippen molar-refractivity contribution in [2.75, 3.05) is 6.61 Å². The summed E-state index contributed by atoms with van der Waals surface area (Å²) in [5.41, 5.74) is 6.97. The van der Waals surface area contributed by atoms with Crippen molar-refractivity contribution in [1.82, 2.24) is 4.98 Å². The topological polar surface area (TPSA) is 65.2 Å². The van der Waals surface area contributed by atoms with Crippen LogP contribution >= 0.6 is 0 Å². The molecular formula is C12H18N2O2. The molecule has 16 heavy (non-hydrogen) atoms. The monoisotopic (exact) mass is 222 g/mol. The van der Waals surface area contributed by atoms with Gasteiger partial charge in [-0.2, -0.15) is 0 Å². The highest BCUT2D eigenvalue weighted by molar-refractivity contribution is 5.69. The summed E-state index contributed by atoms with van der Waals surface area (Å²) in [4.78, 5) is 15.1. The van der Waals surface area contributed by atoms with Crippen LogP contribution in [0.1, 0.15) is 37.8 Å². The maximum atomic E-state index is 11.1. The number of esters is 1. The molecule has 0 aliphatic rings.